The Morgan fingerprint density at radius 1 is 1.12 bits per heavy atom. The second-order valence-corrected chi connectivity index (χ2v) is 5.50. The first-order valence-electron chi connectivity index (χ1n) is 7.84. The second-order valence-electron chi connectivity index (χ2n) is 5.50. The standard InChI is InChI=1S/C19H19F3N2O/c1-3-23-18-10-15(20)6-4-14(18)5-7-19(25)24-11-13-8-16(21)12(2)17(22)9-13/h4-10,23H,3,11H2,1-2H3,(H,24,25)/b7-5+. The highest BCUT2D eigenvalue weighted by Crippen LogP contribution is 2.18. The summed E-state index contributed by atoms with van der Waals surface area (Å²) in [6.45, 7) is 3.84. The highest BCUT2D eigenvalue weighted by Gasteiger charge is 2.07. The van der Waals surface area contributed by atoms with Gasteiger partial charge in [-0.1, -0.05) is 0 Å². The van der Waals surface area contributed by atoms with Crippen LogP contribution in [0.2, 0.25) is 0 Å². The van der Waals surface area contributed by atoms with Gasteiger partial charge in [-0.2, -0.15) is 0 Å². The molecule has 1 amide bonds. The maximum Gasteiger partial charge on any atom is 0.244 e. The van der Waals surface area contributed by atoms with Crippen LogP contribution in [-0.2, 0) is 11.3 Å². The van der Waals surface area contributed by atoms with Crippen molar-refractivity contribution >= 4 is 17.7 Å². The molecule has 0 bridgehead atoms. The number of nitrogens with one attached hydrogen (secondary N) is 2. The summed E-state index contributed by atoms with van der Waals surface area (Å²) in [6.07, 6.45) is 2.83. The van der Waals surface area contributed by atoms with Crippen molar-refractivity contribution < 1.29 is 18.0 Å². The van der Waals surface area contributed by atoms with Crippen molar-refractivity contribution in [2.75, 3.05) is 11.9 Å². The Bertz CT molecular complexity index is 780. The number of hydrogen-bond donors (Lipinski definition) is 2. The van der Waals surface area contributed by atoms with Crippen LogP contribution in [0.5, 0.6) is 0 Å². The van der Waals surface area contributed by atoms with Crippen molar-refractivity contribution in [1.82, 2.24) is 5.32 Å². The van der Waals surface area contributed by atoms with E-state index in [4.69, 9.17) is 0 Å². The number of amides is 1. The van der Waals surface area contributed by atoms with Gasteiger partial charge in [0.2, 0.25) is 5.91 Å². The van der Waals surface area contributed by atoms with Crippen molar-refractivity contribution in [2.24, 2.45) is 0 Å². The Balaban J connectivity index is 2.02. The van der Waals surface area contributed by atoms with E-state index in [1.807, 2.05) is 6.92 Å². The molecule has 25 heavy (non-hydrogen) atoms. The van der Waals surface area contributed by atoms with Crippen LogP contribution in [0.15, 0.2) is 36.4 Å². The predicted molar refractivity (Wildman–Crippen MR) is 92.5 cm³/mol. The van der Waals surface area contributed by atoms with E-state index in [-0.39, 0.29) is 17.9 Å². The Morgan fingerprint density at radius 3 is 2.44 bits per heavy atom. The van der Waals surface area contributed by atoms with Gasteiger partial charge in [-0.25, -0.2) is 13.2 Å². The van der Waals surface area contributed by atoms with Crippen molar-refractivity contribution in [3.05, 3.63) is 70.5 Å². The fourth-order valence-electron chi connectivity index (χ4n) is 2.23. The molecule has 0 aliphatic rings. The number of hydrogen-bond acceptors (Lipinski definition) is 2. The molecular weight excluding hydrogens is 329 g/mol. The van der Waals surface area contributed by atoms with Gasteiger partial charge >= 0.3 is 0 Å². The molecule has 0 unspecified atom stereocenters. The monoisotopic (exact) mass is 348 g/mol. The largest absolute Gasteiger partial charge is 0.385 e. The minimum absolute atomic E-state index is 0.000772. The van der Waals surface area contributed by atoms with E-state index in [1.54, 1.807) is 12.1 Å². The van der Waals surface area contributed by atoms with E-state index in [2.05, 4.69) is 10.6 Å². The van der Waals surface area contributed by atoms with Gasteiger partial charge in [0.05, 0.1) is 0 Å². The van der Waals surface area contributed by atoms with E-state index < -0.39 is 17.5 Å². The zero-order valence-electron chi connectivity index (χ0n) is 14.0. The molecule has 0 heterocycles. The summed E-state index contributed by atoms with van der Waals surface area (Å²) in [5.41, 5.74) is 1.51. The molecule has 0 aromatic heterocycles. The fraction of sp³-hybridized carbons (Fsp3) is 0.211. The average Bonchev–Trinajstić information content (AvgIpc) is 2.57. The van der Waals surface area contributed by atoms with Crippen molar-refractivity contribution in [3.8, 4) is 0 Å². The lowest BCUT2D eigenvalue weighted by Gasteiger charge is -2.08. The normalized spacial score (nSPS) is 10.9. The van der Waals surface area contributed by atoms with Gasteiger partial charge in [0.15, 0.2) is 0 Å². The third kappa shape index (κ3) is 5.11. The maximum absolute atomic E-state index is 13.5. The van der Waals surface area contributed by atoms with E-state index in [1.165, 1.54) is 37.3 Å². The molecule has 3 nitrogen and oxygen atoms in total. The first kappa shape index (κ1) is 18.6. The van der Waals surface area contributed by atoms with E-state index in [9.17, 15) is 18.0 Å². The number of rotatable bonds is 6. The van der Waals surface area contributed by atoms with Crippen molar-refractivity contribution in [2.45, 2.75) is 20.4 Å². The summed E-state index contributed by atoms with van der Waals surface area (Å²) in [6, 6.07) is 6.58. The summed E-state index contributed by atoms with van der Waals surface area (Å²) in [7, 11) is 0. The molecule has 0 radical (unpaired) electrons. The zero-order chi connectivity index (χ0) is 18.4. The Kier molecular flexibility index (Phi) is 6.22. The summed E-state index contributed by atoms with van der Waals surface area (Å²) >= 11 is 0. The first-order valence-corrected chi connectivity index (χ1v) is 7.84. The molecule has 132 valence electrons. The summed E-state index contributed by atoms with van der Waals surface area (Å²) < 4.78 is 40.2. The lowest BCUT2D eigenvalue weighted by atomic mass is 10.1. The molecule has 2 N–H and O–H groups in total. The Labute approximate surface area is 144 Å². The maximum atomic E-state index is 13.5. The minimum atomic E-state index is -0.651. The summed E-state index contributed by atoms with van der Waals surface area (Å²) in [4.78, 5) is 11.9. The third-order valence-corrected chi connectivity index (χ3v) is 3.60. The Morgan fingerprint density at radius 2 is 1.80 bits per heavy atom. The van der Waals surface area contributed by atoms with Gasteiger partial charge in [0.1, 0.15) is 17.5 Å². The van der Waals surface area contributed by atoms with Gasteiger partial charge in [-0.3, -0.25) is 4.79 Å². The SMILES string of the molecule is CCNc1cc(F)ccc1/C=C/C(=O)NCc1cc(F)c(C)c(F)c1. The smallest absolute Gasteiger partial charge is 0.244 e. The molecule has 0 aliphatic carbocycles. The summed E-state index contributed by atoms with van der Waals surface area (Å²) in [5.74, 6) is -2.10. The molecule has 0 spiro atoms. The minimum Gasteiger partial charge on any atom is -0.385 e. The molecule has 0 aliphatic heterocycles. The number of benzene rings is 2. The lowest BCUT2D eigenvalue weighted by molar-refractivity contribution is -0.116. The molecule has 0 saturated carbocycles. The zero-order valence-corrected chi connectivity index (χ0v) is 14.0. The number of carbonyl (C=O) groups is 1. The lowest BCUT2D eigenvalue weighted by Crippen LogP contribution is -2.20. The van der Waals surface area contributed by atoms with Crippen LogP contribution < -0.4 is 10.6 Å². The topological polar surface area (TPSA) is 41.1 Å². The quantitative estimate of drug-likeness (QED) is 0.769. The van der Waals surface area contributed by atoms with Gasteiger partial charge in [-0.05, 0) is 61.4 Å². The van der Waals surface area contributed by atoms with Gasteiger partial charge in [0.25, 0.3) is 0 Å². The molecule has 6 heteroatoms. The molecule has 2 aromatic rings. The fourth-order valence-corrected chi connectivity index (χ4v) is 2.23. The number of carbonyl (C=O) groups excluding carboxylic acids is 1. The molecule has 0 atom stereocenters. The predicted octanol–water partition coefficient (Wildman–Crippen LogP) is 4.17. The van der Waals surface area contributed by atoms with Gasteiger partial charge in [-0.15, -0.1) is 0 Å². The molecule has 0 fully saturated rings. The first-order chi connectivity index (χ1) is 11.9. The molecular formula is C19H19F3N2O. The van der Waals surface area contributed by atoms with Gasteiger partial charge in [0, 0.05) is 30.4 Å². The number of anilines is 1. The highest BCUT2D eigenvalue weighted by atomic mass is 19.1. The average molecular weight is 348 g/mol. The van der Waals surface area contributed by atoms with Crippen LogP contribution in [0.3, 0.4) is 0 Å². The van der Waals surface area contributed by atoms with E-state index in [0.29, 0.717) is 23.4 Å². The molecule has 0 saturated heterocycles. The van der Waals surface area contributed by atoms with Crippen LogP contribution in [-0.4, -0.2) is 12.5 Å². The third-order valence-electron chi connectivity index (χ3n) is 3.60. The molecule has 2 rings (SSSR count). The van der Waals surface area contributed by atoms with E-state index >= 15 is 0 Å². The van der Waals surface area contributed by atoms with Crippen molar-refractivity contribution in [3.63, 3.8) is 0 Å². The highest BCUT2D eigenvalue weighted by molar-refractivity contribution is 5.92. The van der Waals surface area contributed by atoms with Crippen LogP contribution in [0.1, 0.15) is 23.6 Å². The van der Waals surface area contributed by atoms with Crippen LogP contribution in [0.4, 0.5) is 18.9 Å². The van der Waals surface area contributed by atoms with Gasteiger partial charge < -0.3 is 10.6 Å². The summed E-state index contributed by atoms with van der Waals surface area (Å²) in [5, 5.41) is 5.56. The van der Waals surface area contributed by atoms with Crippen LogP contribution in [0.25, 0.3) is 6.08 Å². The number of halogens is 3. The van der Waals surface area contributed by atoms with E-state index in [0.717, 1.165) is 0 Å². The second kappa shape index (κ2) is 8.37. The Hall–Kier alpha value is -2.76. The van der Waals surface area contributed by atoms with Crippen LogP contribution >= 0.6 is 0 Å². The van der Waals surface area contributed by atoms with Crippen molar-refractivity contribution in [1.29, 1.82) is 0 Å². The molecule has 2 aromatic carbocycles. The van der Waals surface area contributed by atoms with Crippen LogP contribution in [0, 0.1) is 24.4 Å².